The Morgan fingerprint density at radius 3 is 2.83 bits per heavy atom. The van der Waals surface area contributed by atoms with Gasteiger partial charge in [-0.3, -0.25) is 9.69 Å². The molecule has 98 valence electrons. The van der Waals surface area contributed by atoms with Crippen LogP contribution in [-0.2, 0) is 9.53 Å². The third-order valence-corrected chi connectivity index (χ3v) is 3.57. The Labute approximate surface area is 107 Å². The first kappa shape index (κ1) is 13.1. The second-order valence-corrected chi connectivity index (χ2v) is 4.68. The lowest BCUT2D eigenvalue weighted by Gasteiger charge is -2.40. The highest BCUT2D eigenvalue weighted by Gasteiger charge is 2.33. The van der Waals surface area contributed by atoms with Crippen LogP contribution in [0.2, 0.25) is 0 Å². The van der Waals surface area contributed by atoms with Gasteiger partial charge in [-0.1, -0.05) is 30.3 Å². The Bertz CT molecular complexity index is 382. The Kier molecular flexibility index (Phi) is 4.33. The molecule has 1 aromatic rings. The van der Waals surface area contributed by atoms with Crippen molar-refractivity contribution in [3.63, 3.8) is 0 Å². The summed E-state index contributed by atoms with van der Waals surface area (Å²) in [7, 11) is 0. The minimum Gasteiger partial charge on any atom is -0.444 e. The topological polar surface area (TPSA) is 49.8 Å². The van der Waals surface area contributed by atoms with E-state index in [2.05, 4.69) is 0 Å². The first-order valence-corrected chi connectivity index (χ1v) is 6.32. The first-order chi connectivity index (χ1) is 8.74. The van der Waals surface area contributed by atoms with E-state index in [9.17, 15) is 9.90 Å². The highest BCUT2D eigenvalue weighted by Crippen LogP contribution is 2.29. The van der Waals surface area contributed by atoms with Crippen molar-refractivity contribution in [1.29, 1.82) is 0 Å². The van der Waals surface area contributed by atoms with E-state index in [1.807, 2.05) is 42.2 Å². The second kappa shape index (κ2) is 5.98. The van der Waals surface area contributed by atoms with Gasteiger partial charge in [-0.15, -0.1) is 0 Å². The summed E-state index contributed by atoms with van der Waals surface area (Å²) < 4.78 is 5.22. The van der Waals surface area contributed by atoms with Crippen LogP contribution in [0.3, 0.4) is 0 Å². The molecular weight excluding hydrogens is 230 g/mol. The van der Waals surface area contributed by atoms with E-state index in [1.165, 1.54) is 0 Å². The predicted molar refractivity (Wildman–Crippen MR) is 67.7 cm³/mol. The minimum atomic E-state index is -0.409. The number of piperidine rings is 1. The van der Waals surface area contributed by atoms with Gasteiger partial charge < -0.3 is 9.84 Å². The maximum atomic E-state index is 10.7. The molecule has 0 aromatic heterocycles. The first-order valence-electron chi connectivity index (χ1n) is 6.32. The molecule has 3 atom stereocenters. The normalized spacial score (nSPS) is 26.6. The van der Waals surface area contributed by atoms with Crippen molar-refractivity contribution in [3.05, 3.63) is 35.9 Å². The van der Waals surface area contributed by atoms with Gasteiger partial charge in [0.1, 0.15) is 0 Å². The van der Waals surface area contributed by atoms with E-state index in [4.69, 9.17) is 4.74 Å². The lowest BCUT2D eigenvalue weighted by atomic mass is 9.99. The van der Waals surface area contributed by atoms with Crippen LogP contribution in [0.5, 0.6) is 0 Å². The number of rotatable bonds is 4. The van der Waals surface area contributed by atoms with Crippen LogP contribution < -0.4 is 0 Å². The van der Waals surface area contributed by atoms with Crippen LogP contribution in [0.1, 0.15) is 31.6 Å². The number of ether oxygens (including phenoxy) is 1. The Morgan fingerprint density at radius 2 is 2.17 bits per heavy atom. The van der Waals surface area contributed by atoms with Gasteiger partial charge in [0.05, 0.1) is 6.10 Å². The molecule has 1 heterocycles. The minimum absolute atomic E-state index is 0.0103. The van der Waals surface area contributed by atoms with E-state index in [0.29, 0.717) is 6.47 Å². The van der Waals surface area contributed by atoms with E-state index < -0.39 is 6.23 Å². The van der Waals surface area contributed by atoms with Crippen molar-refractivity contribution < 1.29 is 14.6 Å². The highest BCUT2D eigenvalue weighted by atomic mass is 16.5. The van der Waals surface area contributed by atoms with Gasteiger partial charge in [0, 0.05) is 18.2 Å². The number of aliphatic hydroxyl groups excluding tert-OH is 1. The summed E-state index contributed by atoms with van der Waals surface area (Å²) in [5.74, 6) is 0. The molecule has 1 aliphatic rings. The van der Waals surface area contributed by atoms with Gasteiger partial charge in [0.25, 0.3) is 6.47 Å². The molecule has 1 aliphatic heterocycles. The van der Waals surface area contributed by atoms with Gasteiger partial charge >= 0.3 is 0 Å². The van der Waals surface area contributed by atoms with Crippen LogP contribution in [0, 0.1) is 0 Å². The fourth-order valence-corrected chi connectivity index (χ4v) is 2.50. The second-order valence-electron chi connectivity index (χ2n) is 4.68. The molecular formula is C14H19NO3. The zero-order chi connectivity index (χ0) is 13.0. The van der Waals surface area contributed by atoms with Gasteiger partial charge in [0.15, 0.2) is 6.23 Å². The van der Waals surface area contributed by atoms with Crippen LogP contribution in [0.4, 0.5) is 0 Å². The van der Waals surface area contributed by atoms with Gasteiger partial charge in [-0.2, -0.15) is 0 Å². The van der Waals surface area contributed by atoms with Crippen molar-refractivity contribution >= 4 is 6.47 Å². The third-order valence-electron chi connectivity index (χ3n) is 3.57. The molecule has 0 aliphatic carbocycles. The Hall–Kier alpha value is -1.39. The van der Waals surface area contributed by atoms with Gasteiger partial charge in [-0.05, 0) is 19.8 Å². The lowest BCUT2D eigenvalue weighted by Crippen LogP contribution is -2.48. The average molecular weight is 249 g/mol. The fourth-order valence-electron chi connectivity index (χ4n) is 2.50. The largest absolute Gasteiger partial charge is 0.444 e. The van der Waals surface area contributed by atoms with Crippen molar-refractivity contribution in [2.45, 2.75) is 38.1 Å². The van der Waals surface area contributed by atoms with Crippen LogP contribution in [-0.4, -0.2) is 35.2 Å². The van der Waals surface area contributed by atoms with Crippen LogP contribution in [0.25, 0.3) is 0 Å². The summed E-state index contributed by atoms with van der Waals surface area (Å²) in [5.41, 5.74) is 0.936. The number of nitrogens with zero attached hydrogens (tertiary/aromatic N) is 1. The summed E-state index contributed by atoms with van der Waals surface area (Å²) in [6, 6.07) is 9.62. The molecule has 1 aromatic carbocycles. The average Bonchev–Trinajstić information content (AvgIpc) is 2.41. The molecule has 4 nitrogen and oxygen atoms in total. The van der Waals surface area contributed by atoms with E-state index in [0.717, 1.165) is 24.9 Å². The Balaban J connectivity index is 2.21. The SMILES string of the molecule is CC1C(O)CCCN1C(OC=O)c1ccccc1. The molecule has 3 unspecified atom stereocenters. The number of hydrogen-bond acceptors (Lipinski definition) is 4. The summed E-state index contributed by atoms with van der Waals surface area (Å²) >= 11 is 0. The number of carbonyl (C=O) groups excluding carboxylic acids is 1. The number of carbonyl (C=O) groups is 1. The summed E-state index contributed by atoms with van der Waals surface area (Å²) in [4.78, 5) is 12.7. The molecule has 4 heteroatoms. The molecule has 1 N–H and O–H groups in total. The zero-order valence-electron chi connectivity index (χ0n) is 10.5. The molecule has 1 fully saturated rings. The maximum absolute atomic E-state index is 10.7. The van der Waals surface area contributed by atoms with Gasteiger partial charge in [-0.25, -0.2) is 0 Å². The van der Waals surface area contributed by atoms with Crippen molar-refractivity contribution in [2.75, 3.05) is 6.54 Å². The van der Waals surface area contributed by atoms with E-state index >= 15 is 0 Å². The molecule has 0 bridgehead atoms. The van der Waals surface area contributed by atoms with Crippen LogP contribution in [0.15, 0.2) is 30.3 Å². The number of hydrogen-bond donors (Lipinski definition) is 1. The lowest BCUT2D eigenvalue weighted by molar-refractivity contribution is -0.153. The number of aliphatic hydroxyl groups is 1. The molecule has 0 radical (unpaired) electrons. The molecule has 1 saturated heterocycles. The van der Waals surface area contributed by atoms with Crippen molar-refractivity contribution in [1.82, 2.24) is 4.90 Å². The molecule has 0 amide bonds. The molecule has 18 heavy (non-hydrogen) atoms. The van der Waals surface area contributed by atoms with Crippen molar-refractivity contribution in [3.8, 4) is 0 Å². The third kappa shape index (κ3) is 2.71. The summed E-state index contributed by atoms with van der Waals surface area (Å²) in [6.07, 6.45) is 0.950. The summed E-state index contributed by atoms with van der Waals surface area (Å²) in [6.45, 7) is 3.27. The highest BCUT2D eigenvalue weighted by molar-refractivity contribution is 5.38. The van der Waals surface area contributed by atoms with E-state index in [-0.39, 0.29) is 12.1 Å². The zero-order valence-corrected chi connectivity index (χ0v) is 10.5. The number of benzene rings is 1. The fraction of sp³-hybridized carbons (Fsp3) is 0.500. The van der Waals surface area contributed by atoms with Crippen LogP contribution >= 0.6 is 0 Å². The smallest absolute Gasteiger partial charge is 0.294 e. The molecule has 2 rings (SSSR count). The number of likely N-dealkylation sites (tertiary alicyclic amines) is 1. The monoisotopic (exact) mass is 249 g/mol. The van der Waals surface area contributed by atoms with E-state index in [1.54, 1.807) is 0 Å². The quantitative estimate of drug-likeness (QED) is 0.825. The Morgan fingerprint density at radius 1 is 1.44 bits per heavy atom. The molecule has 0 spiro atoms. The predicted octanol–water partition coefficient (Wildman–Crippen LogP) is 1.70. The molecule has 0 saturated carbocycles. The summed E-state index contributed by atoms with van der Waals surface area (Å²) in [5, 5.41) is 9.93. The van der Waals surface area contributed by atoms with Crippen molar-refractivity contribution in [2.24, 2.45) is 0 Å². The standard InChI is InChI=1S/C14H19NO3/c1-11-13(17)8-5-9-15(11)14(18-10-16)12-6-3-2-4-7-12/h2-4,6-7,10-11,13-14,17H,5,8-9H2,1H3. The maximum Gasteiger partial charge on any atom is 0.294 e. The van der Waals surface area contributed by atoms with Gasteiger partial charge in [0.2, 0.25) is 0 Å².